The summed E-state index contributed by atoms with van der Waals surface area (Å²) in [5.41, 5.74) is 3.14. The summed E-state index contributed by atoms with van der Waals surface area (Å²) in [4.78, 5) is 27.2. The Labute approximate surface area is 231 Å². The van der Waals surface area contributed by atoms with E-state index in [1.54, 1.807) is 57.7 Å². The molecule has 0 spiro atoms. The van der Waals surface area contributed by atoms with Gasteiger partial charge in [0, 0.05) is 43.7 Å². The molecule has 2 fully saturated rings. The number of aromatic carboxylic acids is 1. The number of halogens is 1. The van der Waals surface area contributed by atoms with Gasteiger partial charge < -0.3 is 10.0 Å². The lowest BCUT2D eigenvalue weighted by Crippen LogP contribution is -2.32. The molecule has 2 aromatic heterocycles. The van der Waals surface area contributed by atoms with Crippen LogP contribution >= 0.6 is 0 Å². The summed E-state index contributed by atoms with van der Waals surface area (Å²) < 4.78 is 19.1. The molecule has 3 heterocycles. The third kappa shape index (κ3) is 4.67. The Hall–Kier alpha value is -4.34. The van der Waals surface area contributed by atoms with Gasteiger partial charge in [0.05, 0.1) is 28.8 Å². The lowest BCUT2D eigenvalue weighted by Gasteiger charge is -2.36. The Kier molecular flexibility index (Phi) is 6.91. The second kappa shape index (κ2) is 10.7. The maximum atomic E-state index is 15.9. The molecule has 0 bridgehead atoms. The Balaban J connectivity index is 1.36. The zero-order valence-corrected chi connectivity index (χ0v) is 22.3. The van der Waals surface area contributed by atoms with Gasteiger partial charge in [0.1, 0.15) is 11.4 Å². The summed E-state index contributed by atoms with van der Waals surface area (Å²) in [7, 11) is 1.80. The third-order valence-electron chi connectivity index (χ3n) is 8.19. The standard InChI is InChI=1S/C30H31FN6O3/c1-35-18-26(33-34-35)22-12-13-23(22)28-25(30(39)40)17-32-37(28)20-9-6-8-19(16-20)21-10-7-11-24(27(21)31)29(38)36-14-4-2-3-5-15-36/h6-11,16-18,22-23H,2-5,12-15H2,1H3,(H,39,40)/t22-,23-/m0/s1. The van der Waals surface area contributed by atoms with Crippen LogP contribution in [0.2, 0.25) is 0 Å². The van der Waals surface area contributed by atoms with Gasteiger partial charge >= 0.3 is 5.97 Å². The monoisotopic (exact) mass is 542 g/mol. The van der Waals surface area contributed by atoms with Gasteiger partial charge in [-0.3, -0.25) is 9.48 Å². The van der Waals surface area contributed by atoms with Crippen molar-refractivity contribution in [1.82, 2.24) is 29.7 Å². The zero-order valence-electron chi connectivity index (χ0n) is 22.3. The van der Waals surface area contributed by atoms with Gasteiger partial charge in [-0.05, 0) is 49.4 Å². The molecular formula is C30H31FN6O3. The molecule has 40 heavy (non-hydrogen) atoms. The molecule has 0 radical (unpaired) electrons. The number of carbonyl (C=O) groups is 2. The van der Waals surface area contributed by atoms with Crippen molar-refractivity contribution in [2.75, 3.05) is 13.1 Å². The van der Waals surface area contributed by atoms with Crippen LogP contribution in [0.3, 0.4) is 0 Å². The number of carboxylic acid groups (broad SMARTS) is 1. The highest BCUT2D eigenvalue weighted by Crippen LogP contribution is 2.49. The lowest BCUT2D eigenvalue weighted by molar-refractivity contribution is 0.0692. The van der Waals surface area contributed by atoms with Crippen molar-refractivity contribution < 1.29 is 19.1 Å². The number of carboxylic acids is 1. The number of rotatable bonds is 6. The highest BCUT2D eigenvalue weighted by molar-refractivity contribution is 5.96. The van der Waals surface area contributed by atoms with Crippen molar-refractivity contribution in [2.45, 2.75) is 50.4 Å². The quantitative estimate of drug-likeness (QED) is 0.360. The Morgan fingerprint density at radius 3 is 2.40 bits per heavy atom. The Morgan fingerprint density at radius 2 is 1.73 bits per heavy atom. The van der Waals surface area contributed by atoms with Crippen LogP contribution in [0.15, 0.2) is 54.9 Å². The fourth-order valence-corrected chi connectivity index (χ4v) is 5.97. The molecule has 2 aliphatic rings. The van der Waals surface area contributed by atoms with E-state index in [-0.39, 0.29) is 28.9 Å². The molecule has 1 aliphatic carbocycles. The zero-order chi connectivity index (χ0) is 27.8. The molecule has 206 valence electrons. The molecular weight excluding hydrogens is 511 g/mol. The normalized spacial score (nSPS) is 19.2. The van der Waals surface area contributed by atoms with E-state index in [1.165, 1.54) is 6.20 Å². The van der Waals surface area contributed by atoms with Gasteiger partial charge in [0.15, 0.2) is 0 Å². The average Bonchev–Trinajstić information content (AvgIpc) is 3.44. The van der Waals surface area contributed by atoms with E-state index in [0.29, 0.717) is 35.6 Å². The molecule has 10 heteroatoms. The van der Waals surface area contributed by atoms with Crippen molar-refractivity contribution in [1.29, 1.82) is 0 Å². The summed E-state index contributed by atoms with van der Waals surface area (Å²) in [5, 5.41) is 22.7. The fourth-order valence-electron chi connectivity index (χ4n) is 5.97. The minimum atomic E-state index is -1.05. The predicted molar refractivity (Wildman–Crippen MR) is 146 cm³/mol. The van der Waals surface area contributed by atoms with Crippen LogP contribution in [0.4, 0.5) is 4.39 Å². The summed E-state index contributed by atoms with van der Waals surface area (Å²) in [5.74, 6) is -1.95. The van der Waals surface area contributed by atoms with E-state index in [4.69, 9.17) is 0 Å². The molecule has 2 atom stereocenters. The number of aryl methyl sites for hydroxylation is 1. The van der Waals surface area contributed by atoms with Crippen LogP contribution in [0.1, 0.15) is 82.5 Å². The van der Waals surface area contributed by atoms with Gasteiger partial charge in [-0.2, -0.15) is 5.10 Å². The van der Waals surface area contributed by atoms with E-state index in [9.17, 15) is 14.7 Å². The first-order valence-corrected chi connectivity index (χ1v) is 13.8. The molecule has 1 amide bonds. The molecule has 1 aliphatic heterocycles. The number of hydrogen-bond donors (Lipinski definition) is 1. The fraction of sp³-hybridized carbons (Fsp3) is 0.367. The summed E-state index contributed by atoms with van der Waals surface area (Å²) in [6, 6.07) is 12.1. The number of carbonyl (C=O) groups excluding carboxylic acids is 1. The first-order valence-electron chi connectivity index (χ1n) is 13.8. The van der Waals surface area contributed by atoms with Crippen LogP contribution in [-0.2, 0) is 7.05 Å². The molecule has 0 unspecified atom stereocenters. The molecule has 2 aromatic carbocycles. The SMILES string of the molecule is Cn1cc([C@H]2CC[C@@H]2c2c(C(=O)O)cnn2-c2cccc(-c3cccc(C(=O)N4CCCCCC4)c3F)c2)nn1. The van der Waals surface area contributed by atoms with Crippen molar-refractivity contribution in [3.8, 4) is 16.8 Å². The maximum absolute atomic E-state index is 15.9. The van der Waals surface area contributed by atoms with Crippen molar-refractivity contribution in [3.05, 3.63) is 83.2 Å². The number of nitrogens with zero attached hydrogens (tertiary/aromatic N) is 6. The van der Waals surface area contributed by atoms with E-state index in [2.05, 4.69) is 15.4 Å². The van der Waals surface area contributed by atoms with Gasteiger partial charge in [-0.1, -0.05) is 42.3 Å². The van der Waals surface area contributed by atoms with Crippen molar-refractivity contribution in [3.63, 3.8) is 0 Å². The number of benzene rings is 2. The van der Waals surface area contributed by atoms with Gasteiger partial charge in [-0.15, -0.1) is 5.10 Å². The lowest BCUT2D eigenvalue weighted by atomic mass is 9.69. The Bertz CT molecular complexity index is 1570. The average molecular weight is 543 g/mol. The van der Waals surface area contributed by atoms with Gasteiger partial charge in [0.25, 0.3) is 5.91 Å². The smallest absolute Gasteiger partial charge is 0.339 e. The molecule has 1 saturated carbocycles. The number of amides is 1. The molecule has 4 aromatic rings. The third-order valence-corrected chi connectivity index (χ3v) is 8.19. The van der Waals surface area contributed by atoms with Crippen LogP contribution < -0.4 is 0 Å². The van der Waals surface area contributed by atoms with Crippen LogP contribution in [0.5, 0.6) is 0 Å². The molecule has 1 saturated heterocycles. The van der Waals surface area contributed by atoms with Crippen molar-refractivity contribution in [2.24, 2.45) is 7.05 Å². The molecule has 6 rings (SSSR count). The summed E-state index contributed by atoms with van der Waals surface area (Å²) in [6.45, 7) is 1.28. The minimum Gasteiger partial charge on any atom is -0.478 e. The second-order valence-electron chi connectivity index (χ2n) is 10.7. The van der Waals surface area contributed by atoms with Gasteiger partial charge in [0.2, 0.25) is 0 Å². The first-order chi connectivity index (χ1) is 19.4. The largest absolute Gasteiger partial charge is 0.478 e. The van der Waals surface area contributed by atoms with Crippen LogP contribution in [-0.4, -0.2) is 59.7 Å². The Morgan fingerprint density at radius 1 is 0.975 bits per heavy atom. The number of likely N-dealkylation sites (tertiary alicyclic amines) is 1. The van der Waals surface area contributed by atoms with E-state index < -0.39 is 11.8 Å². The van der Waals surface area contributed by atoms with Crippen molar-refractivity contribution >= 4 is 11.9 Å². The van der Waals surface area contributed by atoms with E-state index in [0.717, 1.165) is 44.2 Å². The van der Waals surface area contributed by atoms with Crippen LogP contribution in [0.25, 0.3) is 16.8 Å². The predicted octanol–water partition coefficient (Wildman–Crippen LogP) is 5.18. The second-order valence-corrected chi connectivity index (χ2v) is 10.7. The van der Waals surface area contributed by atoms with Crippen LogP contribution in [0, 0.1) is 5.82 Å². The number of hydrogen-bond acceptors (Lipinski definition) is 5. The highest BCUT2D eigenvalue weighted by Gasteiger charge is 2.40. The first kappa shape index (κ1) is 25.9. The van der Waals surface area contributed by atoms with Gasteiger partial charge in [-0.25, -0.2) is 13.9 Å². The minimum absolute atomic E-state index is 0.0320. The van der Waals surface area contributed by atoms with E-state index >= 15 is 4.39 Å². The molecule has 1 N–H and O–H groups in total. The number of aromatic nitrogens is 5. The summed E-state index contributed by atoms with van der Waals surface area (Å²) >= 11 is 0. The topological polar surface area (TPSA) is 106 Å². The maximum Gasteiger partial charge on any atom is 0.339 e. The summed E-state index contributed by atoms with van der Waals surface area (Å²) in [6.07, 6.45) is 8.92. The van der Waals surface area contributed by atoms with E-state index in [1.807, 2.05) is 12.3 Å². The highest BCUT2D eigenvalue weighted by atomic mass is 19.1. The molecule has 9 nitrogen and oxygen atoms in total.